The zero-order chi connectivity index (χ0) is 17.6. The van der Waals surface area contributed by atoms with Crippen molar-refractivity contribution in [2.45, 2.75) is 30.6 Å². The minimum atomic E-state index is -1.25. The van der Waals surface area contributed by atoms with Crippen LogP contribution < -0.4 is 5.73 Å². The van der Waals surface area contributed by atoms with E-state index in [1.807, 2.05) is 6.07 Å². The van der Waals surface area contributed by atoms with E-state index in [1.54, 1.807) is 41.1 Å². The minimum Gasteiger partial charge on any atom is -0.387 e. The van der Waals surface area contributed by atoms with Crippen molar-refractivity contribution >= 4 is 16.9 Å². The molecule has 1 aliphatic heterocycles. The van der Waals surface area contributed by atoms with E-state index >= 15 is 0 Å². The molecule has 3 heterocycles. The molecule has 0 saturated carbocycles. The molecule has 0 bridgehead atoms. The van der Waals surface area contributed by atoms with Gasteiger partial charge in [-0.2, -0.15) is 0 Å². The van der Waals surface area contributed by atoms with E-state index in [0.717, 1.165) is 0 Å². The van der Waals surface area contributed by atoms with E-state index in [4.69, 9.17) is 10.5 Å². The molecule has 0 amide bonds. The number of nitrogen functional groups attached to an aromatic ring is 1. The maximum absolute atomic E-state index is 10.5. The van der Waals surface area contributed by atoms with Crippen LogP contribution in [0.1, 0.15) is 17.9 Å². The van der Waals surface area contributed by atoms with Gasteiger partial charge in [-0.25, -0.2) is 9.97 Å². The number of fused-ring (bicyclic) bond motifs is 1. The molecule has 5 atom stereocenters. The lowest BCUT2D eigenvalue weighted by Crippen LogP contribution is -2.34. The smallest absolute Gasteiger partial charge is 0.164 e. The number of benzene rings is 1. The summed E-state index contributed by atoms with van der Waals surface area (Å²) in [5, 5.41) is 32.0. The first kappa shape index (κ1) is 16.0. The van der Waals surface area contributed by atoms with Gasteiger partial charge in [0.2, 0.25) is 0 Å². The summed E-state index contributed by atoms with van der Waals surface area (Å²) in [6.07, 6.45) is -2.44. The fraction of sp³-hybridized carbons (Fsp3) is 0.294. The Kier molecular flexibility index (Phi) is 3.89. The molecule has 1 aliphatic rings. The van der Waals surface area contributed by atoms with Crippen LogP contribution in [0, 0.1) is 0 Å². The van der Waals surface area contributed by atoms with Gasteiger partial charge in [0.15, 0.2) is 6.23 Å². The van der Waals surface area contributed by atoms with Crippen LogP contribution in [0.2, 0.25) is 0 Å². The Labute approximate surface area is 143 Å². The lowest BCUT2D eigenvalue weighted by atomic mass is 9.99. The number of nitrogens with zero attached hydrogens (tertiary/aromatic N) is 3. The van der Waals surface area contributed by atoms with Gasteiger partial charge in [0.25, 0.3) is 0 Å². The lowest BCUT2D eigenvalue weighted by Gasteiger charge is -2.21. The van der Waals surface area contributed by atoms with Crippen LogP contribution in [0.3, 0.4) is 0 Å². The van der Waals surface area contributed by atoms with Crippen LogP contribution in [-0.2, 0) is 4.74 Å². The number of rotatable bonds is 3. The van der Waals surface area contributed by atoms with Gasteiger partial charge >= 0.3 is 0 Å². The zero-order valence-corrected chi connectivity index (χ0v) is 13.2. The zero-order valence-electron chi connectivity index (χ0n) is 13.2. The lowest BCUT2D eigenvalue weighted by molar-refractivity contribution is -0.0848. The highest BCUT2D eigenvalue weighted by Gasteiger charge is 2.47. The molecule has 8 nitrogen and oxygen atoms in total. The molecule has 1 fully saturated rings. The fourth-order valence-electron chi connectivity index (χ4n) is 3.21. The quantitative estimate of drug-likeness (QED) is 0.541. The van der Waals surface area contributed by atoms with E-state index in [-0.39, 0.29) is 0 Å². The summed E-state index contributed by atoms with van der Waals surface area (Å²) in [5.41, 5.74) is 6.91. The van der Waals surface area contributed by atoms with Gasteiger partial charge in [-0.05, 0) is 11.6 Å². The highest BCUT2D eigenvalue weighted by Crippen LogP contribution is 2.37. The molecule has 4 rings (SSSR count). The molecular weight excluding hydrogens is 324 g/mol. The first-order chi connectivity index (χ1) is 12.1. The fourth-order valence-corrected chi connectivity index (χ4v) is 3.21. The van der Waals surface area contributed by atoms with E-state index in [9.17, 15) is 15.3 Å². The van der Waals surface area contributed by atoms with Crippen molar-refractivity contribution < 1.29 is 20.1 Å². The van der Waals surface area contributed by atoms with Crippen LogP contribution >= 0.6 is 0 Å². The second kappa shape index (κ2) is 6.08. The molecule has 3 aromatic rings. The molecule has 2 unspecified atom stereocenters. The molecule has 130 valence electrons. The minimum absolute atomic E-state index is 0.317. The standard InChI is InChI=1S/C17H18N4O4/c18-15-10-6-7-21(16(10)20-8-19-15)17-13(24)12(23)14(25-17)11(22)9-4-2-1-3-5-9/h1-8,11-14,17,22-24H,(H2,18,19,20)/t11-,12+,13-,14?,17?/m1/s1. The summed E-state index contributed by atoms with van der Waals surface area (Å²) in [6.45, 7) is 0. The van der Waals surface area contributed by atoms with Crippen molar-refractivity contribution in [3.8, 4) is 0 Å². The first-order valence-electron chi connectivity index (χ1n) is 7.89. The van der Waals surface area contributed by atoms with E-state index < -0.39 is 30.6 Å². The topological polar surface area (TPSA) is 127 Å². The largest absolute Gasteiger partial charge is 0.387 e. The van der Waals surface area contributed by atoms with Gasteiger partial charge < -0.3 is 30.4 Å². The van der Waals surface area contributed by atoms with Crippen LogP contribution in [0.5, 0.6) is 0 Å². The normalized spacial score (nSPS) is 27.6. The Balaban J connectivity index is 1.67. The molecular formula is C17H18N4O4. The van der Waals surface area contributed by atoms with Gasteiger partial charge in [-0.1, -0.05) is 30.3 Å². The SMILES string of the molecule is Nc1ncnc2c1ccn2C1OC([C@H](O)c2ccccc2)[C@@H](O)[C@H]1O. The second-order valence-corrected chi connectivity index (χ2v) is 6.05. The summed E-state index contributed by atoms with van der Waals surface area (Å²) in [6, 6.07) is 10.6. The molecule has 5 N–H and O–H groups in total. The van der Waals surface area contributed by atoms with E-state index in [0.29, 0.717) is 22.4 Å². The van der Waals surface area contributed by atoms with Crippen LogP contribution in [0.25, 0.3) is 11.0 Å². The number of nitrogens with two attached hydrogens (primary N) is 1. The highest BCUT2D eigenvalue weighted by molar-refractivity contribution is 5.86. The van der Waals surface area contributed by atoms with Gasteiger partial charge in [-0.15, -0.1) is 0 Å². The van der Waals surface area contributed by atoms with Crippen molar-refractivity contribution in [2.24, 2.45) is 0 Å². The summed E-state index contributed by atoms with van der Waals surface area (Å²) < 4.78 is 7.39. The molecule has 1 aromatic carbocycles. The Hall–Kier alpha value is -2.52. The van der Waals surface area contributed by atoms with Gasteiger partial charge in [0.05, 0.1) is 5.39 Å². The maximum Gasteiger partial charge on any atom is 0.164 e. The average molecular weight is 342 g/mol. The summed E-state index contributed by atoms with van der Waals surface area (Å²) >= 11 is 0. The average Bonchev–Trinajstić information content (AvgIpc) is 3.18. The summed E-state index contributed by atoms with van der Waals surface area (Å²) in [5.74, 6) is 0.317. The number of aromatic nitrogens is 3. The second-order valence-electron chi connectivity index (χ2n) is 6.05. The van der Waals surface area contributed by atoms with Crippen molar-refractivity contribution in [3.05, 3.63) is 54.5 Å². The van der Waals surface area contributed by atoms with Crippen molar-refractivity contribution in [1.29, 1.82) is 0 Å². The monoisotopic (exact) mass is 342 g/mol. The molecule has 0 radical (unpaired) electrons. The van der Waals surface area contributed by atoms with Crippen molar-refractivity contribution in [1.82, 2.24) is 14.5 Å². The van der Waals surface area contributed by atoms with Crippen LogP contribution in [-0.4, -0.2) is 48.2 Å². The van der Waals surface area contributed by atoms with Crippen molar-refractivity contribution in [3.63, 3.8) is 0 Å². The van der Waals surface area contributed by atoms with Gasteiger partial charge in [-0.3, -0.25) is 0 Å². The first-order valence-corrected chi connectivity index (χ1v) is 7.89. The molecule has 1 saturated heterocycles. The van der Waals surface area contributed by atoms with Crippen molar-refractivity contribution in [2.75, 3.05) is 5.73 Å². The van der Waals surface area contributed by atoms with Gasteiger partial charge in [0.1, 0.15) is 42.2 Å². The Bertz CT molecular complexity index is 885. The number of aliphatic hydroxyl groups excluding tert-OH is 3. The number of ether oxygens (including phenoxy) is 1. The molecule has 0 aliphatic carbocycles. The van der Waals surface area contributed by atoms with E-state index in [2.05, 4.69) is 9.97 Å². The third-order valence-electron chi connectivity index (χ3n) is 4.54. The molecule has 0 spiro atoms. The van der Waals surface area contributed by atoms with E-state index in [1.165, 1.54) is 6.33 Å². The van der Waals surface area contributed by atoms with Crippen LogP contribution in [0.4, 0.5) is 5.82 Å². The molecule has 25 heavy (non-hydrogen) atoms. The highest BCUT2D eigenvalue weighted by atomic mass is 16.6. The Morgan fingerprint density at radius 2 is 1.84 bits per heavy atom. The number of aliphatic hydroxyl groups is 3. The van der Waals surface area contributed by atoms with Gasteiger partial charge in [0, 0.05) is 6.20 Å². The number of hydrogen-bond acceptors (Lipinski definition) is 7. The molecule has 2 aromatic heterocycles. The summed E-state index contributed by atoms with van der Waals surface area (Å²) in [7, 11) is 0. The third-order valence-corrected chi connectivity index (χ3v) is 4.54. The molecule has 8 heteroatoms. The predicted octanol–water partition coefficient (Wildman–Crippen LogP) is 0.366. The number of anilines is 1. The summed E-state index contributed by atoms with van der Waals surface area (Å²) in [4.78, 5) is 8.10. The third kappa shape index (κ3) is 2.56. The predicted molar refractivity (Wildman–Crippen MR) is 89.3 cm³/mol. The Morgan fingerprint density at radius 1 is 1.08 bits per heavy atom. The van der Waals surface area contributed by atoms with Crippen LogP contribution in [0.15, 0.2) is 48.9 Å². The maximum atomic E-state index is 10.5. The number of hydrogen-bond donors (Lipinski definition) is 4. The Morgan fingerprint density at radius 3 is 2.60 bits per heavy atom.